The van der Waals surface area contributed by atoms with Crippen LogP contribution in [-0.4, -0.2) is 37.6 Å². The molecule has 132 valence electrons. The summed E-state index contributed by atoms with van der Waals surface area (Å²) in [5.74, 6) is 0.750. The number of halogens is 3. The average Bonchev–Trinajstić information content (AvgIpc) is 3.13. The second kappa shape index (κ2) is 6.06. The molecule has 25 heavy (non-hydrogen) atoms. The molecule has 0 radical (unpaired) electrons. The smallest absolute Gasteiger partial charge is 0.367 e. The summed E-state index contributed by atoms with van der Waals surface area (Å²) >= 11 is 0. The van der Waals surface area contributed by atoms with Crippen molar-refractivity contribution in [3.05, 3.63) is 54.1 Å². The summed E-state index contributed by atoms with van der Waals surface area (Å²) in [6, 6.07) is 14.1. The van der Waals surface area contributed by atoms with Crippen LogP contribution in [0.5, 0.6) is 0 Å². The first kappa shape index (κ1) is 16.5. The zero-order valence-electron chi connectivity index (χ0n) is 14.1. The fourth-order valence-corrected chi connectivity index (χ4v) is 4.19. The minimum absolute atomic E-state index is 0.585. The molecule has 0 bridgehead atoms. The highest BCUT2D eigenvalue weighted by molar-refractivity contribution is 5.67. The number of nitrogens with zero attached hydrogens (tertiary/aromatic N) is 2. The third kappa shape index (κ3) is 3.13. The van der Waals surface area contributed by atoms with Crippen LogP contribution in [-0.2, 0) is 6.18 Å². The lowest BCUT2D eigenvalue weighted by molar-refractivity contribution is -0.137. The number of benzene rings is 2. The largest absolute Gasteiger partial charge is 0.416 e. The molecule has 0 unspecified atom stereocenters. The molecule has 4 rings (SSSR count). The van der Waals surface area contributed by atoms with Crippen molar-refractivity contribution in [1.29, 1.82) is 0 Å². The highest BCUT2D eigenvalue weighted by Gasteiger charge is 2.39. The van der Waals surface area contributed by atoms with Crippen LogP contribution in [0, 0.1) is 5.92 Å². The molecule has 2 aromatic rings. The van der Waals surface area contributed by atoms with Crippen LogP contribution in [0.15, 0.2) is 48.5 Å². The topological polar surface area (TPSA) is 6.48 Å². The molecular weight excluding hydrogens is 325 g/mol. The van der Waals surface area contributed by atoms with Crippen molar-refractivity contribution in [2.45, 2.75) is 18.6 Å². The second-order valence-corrected chi connectivity index (χ2v) is 7.15. The molecule has 0 N–H and O–H groups in total. The monoisotopic (exact) mass is 346 g/mol. The van der Waals surface area contributed by atoms with Crippen LogP contribution in [0.4, 0.5) is 18.9 Å². The van der Waals surface area contributed by atoms with Crippen molar-refractivity contribution in [2.24, 2.45) is 5.92 Å². The molecule has 0 saturated carbocycles. The lowest BCUT2D eigenvalue weighted by Gasteiger charge is -2.26. The summed E-state index contributed by atoms with van der Waals surface area (Å²) in [7, 11) is 2.17. The maximum atomic E-state index is 12.7. The first-order chi connectivity index (χ1) is 11.9. The van der Waals surface area contributed by atoms with Crippen molar-refractivity contribution in [3.63, 3.8) is 0 Å². The van der Waals surface area contributed by atoms with Gasteiger partial charge in [0.15, 0.2) is 0 Å². The Kier molecular flexibility index (Phi) is 3.99. The second-order valence-electron chi connectivity index (χ2n) is 7.15. The van der Waals surface area contributed by atoms with Crippen molar-refractivity contribution in [1.82, 2.24) is 4.90 Å². The zero-order chi connectivity index (χ0) is 17.6. The van der Waals surface area contributed by atoms with Gasteiger partial charge in [-0.3, -0.25) is 0 Å². The number of rotatable bonds is 2. The van der Waals surface area contributed by atoms with Crippen LogP contribution in [0.1, 0.15) is 12.0 Å². The molecule has 2 saturated heterocycles. The fraction of sp³-hybridized carbons (Fsp3) is 0.400. The Bertz CT molecular complexity index is 737. The third-order valence-corrected chi connectivity index (χ3v) is 5.47. The summed E-state index contributed by atoms with van der Waals surface area (Å²) in [6.07, 6.45) is -3.06. The standard InChI is InChI=1S/C20H21F3N2/c1-24-12-16-10-11-25(19(16)13-24)18-8-4-15(5-9-18)14-2-6-17(7-3-14)20(21,22)23/h2-9,16,19H,10-13H2,1H3/t16-,19+/m1/s1. The molecule has 0 spiro atoms. The van der Waals surface area contributed by atoms with Gasteiger partial charge in [0, 0.05) is 31.4 Å². The van der Waals surface area contributed by atoms with E-state index in [-0.39, 0.29) is 0 Å². The highest BCUT2D eigenvalue weighted by Crippen LogP contribution is 2.36. The van der Waals surface area contributed by atoms with E-state index in [0.717, 1.165) is 42.3 Å². The number of likely N-dealkylation sites (tertiary alicyclic amines) is 1. The number of alkyl halides is 3. The number of fused-ring (bicyclic) bond motifs is 1. The molecule has 5 heteroatoms. The number of hydrogen-bond acceptors (Lipinski definition) is 2. The SMILES string of the molecule is CN1C[C@H]2CCN(c3ccc(-c4ccc(C(F)(F)F)cc4)cc3)[C@H]2C1. The lowest BCUT2D eigenvalue weighted by Crippen LogP contribution is -2.34. The molecule has 2 aromatic carbocycles. The van der Waals surface area contributed by atoms with Gasteiger partial charge in [0.1, 0.15) is 0 Å². The van der Waals surface area contributed by atoms with Gasteiger partial charge in [0.2, 0.25) is 0 Å². The van der Waals surface area contributed by atoms with E-state index >= 15 is 0 Å². The van der Waals surface area contributed by atoms with E-state index in [4.69, 9.17) is 0 Å². The molecule has 0 aliphatic carbocycles. The number of anilines is 1. The van der Waals surface area contributed by atoms with Crippen LogP contribution < -0.4 is 4.90 Å². The van der Waals surface area contributed by atoms with Crippen molar-refractivity contribution < 1.29 is 13.2 Å². The fourth-order valence-electron chi connectivity index (χ4n) is 4.19. The van der Waals surface area contributed by atoms with Crippen LogP contribution >= 0.6 is 0 Å². The maximum Gasteiger partial charge on any atom is 0.416 e. The summed E-state index contributed by atoms with van der Waals surface area (Å²) in [6.45, 7) is 3.36. The summed E-state index contributed by atoms with van der Waals surface area (Å²) in [5.41, 5.74) is 2.34. The highest BCUT2D eigenvalue weighted by atomic mass is 19.4. The van der Waals surface area contributed by atoms with Crippen LogP contribution in [0.3, 0.4) is 0 Å². The Morgan fingerprint density at radius 2 is 1.48 bits per heavy atom. The van der Waals surface area contributed by atoms with Gasteiger partial charge in [0.05, 0.1) is 5.56 Å². The van der Waals surface area contributed by atoms with Gasteiger partial charge < -0.3 is 9.80 Å². The van der Waals surface area contributed by atoms with Gasteiger partial charge in [-0.15, -0.1) is 0 Å². The number of hydrogen-bond donors (Lipinski definition) is 0. The van der Waals surface area contributed by atoms with Gasteiger partial charge in [-0.25, -0.2) is 0 Å². The Hall–Kier alpha value is -2.01. The predicted octanol–water partition coefficient (Wildman–Crippen LogP) is 4.51. The van der Waals surface area contributed by atoms with E-state index < -0.39 is 11.7 Å². The molecule has 2 aliphatic rings. The number of likely N-dealkylation sites (N-methyl/N-ethyl adjacent to an activating group) is 1. The average molecular weight is 346 g/mol. The Morgan fingerprint density at radius 3 is 2.08 bits per heavy atom. The summed E-state index contributed by atoms with van der Waals surface area (Å²) in [4.78, 5) is 4.86. The van der Waals surface area contributed by atoms with Gasteiger partial charge in [-0.1, -0.05) is 24.3 Å². The quantitative estimate of drug-likeness (QED) is 0.789. The van der Waals surface area contributed by atoms with Crippen molar-refractivity contribution in [3.8, 4) is 11.1 Å². The van der Waals surface area contributed by atoms with Crippen LogP contribution in [0.2, 0.25) is 0 Å². The minimum Gasteiger partial charge on any atom is -0.367 e. The van der Waals surface area contributed by atoms with E-state index in [1.807, 2.05) is 12.1 Å². The Morgan fingerprint density at radius 1 is 0.880 bits per heavy atom. The van der Waals surface area contributed by atoms with Crippen molar-refractivity contribution >= 4 is 5.69 Å². The minimum atomic E-state index is -4.29. The molecule has 2 heterocycles. The van der Waals surface area contributed by atoms with Gasteiger partial charge in [-0.2, -0.15) is 13.2 Å². The molecule has 0 amide bonds. The molecule has 2 fully saturated rings. The molecule has 2 atom stereocenters. The first-order valence-electron chi connectivity index (χ1n) is 8.65. The summed E-state index contributed by atoms with van der Waals surface area (Å²) in [5, 5.41) is 0. The molecule has 2 nitrogen and oxygen atoms in total. The van der Waals surface area contributed by atoms with Crippen LogP contribution in [0.25, 0.3) is 11.1 Å². The van der Waals surface area contributed by atoms with Gasteiger partial charge in [-0.05, 0) is 54.8 Å². The van der Waals surface area contributed by atoms with E-state index in [1.165, 1.54) is 30.8 Å². The van der Waals surface area contributed by atoms with E-state index in [0.29, 0.717) is 6.04 Å². The summed E-state index contributed by atoms with van der Waals surface area (Å²) < 4.78 is 38.0. The van der Waals surface area contributed by atoms with E-state index in [1.54, 1.807) is 0 Å². The predicted molar refractivity (Wildman–Crippen MR) is 93.6 cm³/mol. The van der Waals surface area contributed by atoms with Crippen molar-refractivity contribution in [2.75, 3.05) is 31.6 Å². The molecule has 0 aromatic heterocycles. The van der Waals surface area contributed by atoms with Gasteiger partial charge >= 0.3 is 6.18 Å². The van der Waals surface area contributed by atoms with E-state index in [9.17, 15) is 13.2 Å². The maximum absolute atomic E-state index is 12.7. The first-order valence-corrected chi connectivity index (χ1v) is 8.65. The molecule has 2 aliphatic heterocycles. The zero-order valence-corrected chi connectivity index (χ0v) is 14.1. The Labute approximate surface area is 145 Å². The normalized spacial score (nSPS) is 23.9. The lowest BCUT2D eigenvalue weighted by atomic mass is 10.0. The van der Waals surface area contributed by atoms with E-state index in [2.05, 4.69) is 29.0 Å². The third-order valence-electron chi connectivity index (χ3n) is 5.47. The molecular formula is C20H21F3N2. The van der Waals surface area contributed by atoms with Gasteiger partial charge in [0.25, 0.3) is 0 Å². The Balaban J connectivity index is 1.52.